The minimum absolute atomic E-state index is 0.679. The van der Waals surface area contributed by atoms with Gasteiger partial charge in [0.05, 0.1) is 23.3 Å². The zero-order valence-electron chi connectivity index (χ0n) is 10.8. The molecule has 0 bridgehead atoms. The highest BCUT2D eigenvalue weighted by Crippen LogP contribution is 2.09. The molecule has 2 rings (SSSR count). The average Bonchev–Trinajstić information content (AvgIpc) is 2.64. The summed E-state index contributed by atoms with van der Waals surface area (Å²) in [7, 11) is 0. The van der Waals surface area contributed by atoms with Crippen LogP contribution in [0.2, 0.25) is 0 Å². The van der Waals surface area contributed by atoms with Gasteiger partial charge < -0.3 is 11.1 Å². The fourth-order valence-electron chi connectivity index (χ4n) is 1.92. The standard InChI is InChI=1S/C13H19N5/c1-10-6-11(2)18(17-10)5-3-4-16-13-7-12(14)8-15-9-13/h6-9,16H,3-5,14H2,1-2H3. The fraction of sp³-hybridized carbons (Fsp3) is 0.385. The molecule has 5 nitrogen and oxygen atoms in total. The van der Waals surface area contributed by atoms with Gasteiger partial charge in [0.1, 0.15) is 0 Å². The van der Waals surface area contributed by atoms with Crippen molar-refractivity contribution < 1.29 is 0 Å². The summed E-state index contributed by atoms with van der Waals surface area (Å²) in [5.74, 6) is 0. The zero-order chi connectivity index (χ0) is 13.0. The summed E-state index contributed by atoms with van der Waals surface area (Å²) in [5.41, 5.74) is 9.58. The number of hydrogen-bond donors (Lipinski definition) is 2. The van der Waals surface area contributed by atoms with Crippen LogP contribution in [0.25, 0.3) is 0 Å². The number of aryl methyl sites for hydroxylation is 3. The Balaban J connectivity index is 1.78. The van der Waals surface area contributed by atoms with E-state index in [1.54, 1.807) is 12.4 Å². The molecule has 0 aliphatic carbocycles. The van der Waals surface area contributed by atoms with Crippen LogP contribution in [0.1, 0.15) is 17.8 Å². The lowest BCUT2D eigenvalue weighted by Gasteiger charge is -2.07. The normalized spacial score (nSPS) is 10.6. The van der Waals surface area contributed by atoms with Crippen LogP contribution in [0.3, 0.4) is 0 Å². The van der Waals surface area contributed by atoms with Gasteiger partial charge in [0.25, 0.3) is 0 Å². The minimum Gasteiger partial charge on any atom is -0.397 e. The van der Waals surface area contributed by atoms with Gasteiger partial charge in [0, 0.05) is 25.0 Å². The second-order valence-corrected chi connectivity index (χ2v) is 4.44. The molecular weight excluding hydrogens is 226 g/mol. The van der Waals surface area contributed by atoms with E-state index in [-0.39, 0.29) is 0 Å². The van der Waals surface area contributed by atoms with Crippen molar-refractivity contribution in [2.45, 2.75) is 26.8 Å². The molecule has 0 aliphatic rings. The Bertz CT molecular complexity index is 518. The monoisotopic (exact) mass is 245 g/mol. The molecule has 0 fully saturated rings. The Labute approximate surface area is 107 Å². The summed E-state index contributed by atoms with van der Waals surface area (Å²) in [6, 6.07) is 3.98. The van der Waals surface area contributed by atoms with E-state index in [0.717, 1.165) is 30.9 Å². The summed E-state index contributed by atoms with van der Waals surface area (Å²) in [5, 5.41) is 7.72. The Morgan fingerprint density at radius 2 is 2.11 bits per heavy atom. The highest BCUT2D eigenvalue weighted by atomic mass is 15.3. The number of aromatic nitrogens is 3. The molecule has 3 N–H and O–H groups in total. The molecule has 0 saturated carbocycles. The van der Waals surface area contributed by atoms with Crippen molar-refractivity contribution in [1.29, 1.82) is 0 Å². The molecular formula is C13H19N5. The molecule has 5 heteroatoms. The van der Waals surface area contributed by atoms with Gasteiger partial charge in [-0.2, -0.15) is 5.10 Å². The van der Waals surface area contributed by atoms with Gasteiger partial charge in [0.15, 0.2) is 0 Å². The van der Waals surface area contributed by atoms with Crippen LogP contribution in [-0.4, -0.2) is 21.3 Å². The number of nitrogens with zero attached hydrogens (tertiary/aromatic N) is 3. The van der Waals surface area contributed by atoms with Crippen molar-refractivity contribution in [1.82, 2.24) is 14.8 Å². The maximum Gasteiger partial charge on any atom is 0.0596 e. The lowest BCUT2D eigenvalue weighted by atomic mass is 10.3. The van der Waals surface area contributed by atoms with Gasteiger partial charge in [-0.3, -0.25) is 9.67 Å². The molecule has 2 heterocycles. The van der Waals surface area contributed by atoms with Gasteiger partial charge in [-0.25, -0.2) is 0 Å². The number of nitrogens with two attached hydrogens (primary N) is 1. The van der Waals surface area contributed by atoms with Crippen LogP contribution in [0.4, 0.5) is 11.4 Å². The van der Waals surface area contributed by atoms with Gasteiger partial charge in [-0.15, -0.1) is 0 Å². The van der Waals surface area contributed by atoms with Crippen molar-refractivity contribution in [3.05, 3.63) is 35.9 Å². The van der Waals surface area contributed by atoms with Crippen LogP contribution in [-0.2, 0) is 6.54 Å². The first-order valence-corrected chi connectivity index (χ1v) is 6.10. The van der Waals surface area contributed by atoms with E-state index < -0.39 is 0 Å². The van der Waals surface area contributed by atoms with Crippen molar-refractivity contribution in [3.8, 4) is 0 Å². The SMILES string of the molecule is Cc1cc(C)n(CCCNc2cncc(N)c2)n1. The maximum atomic E-state index is 5.66. The highest BCUT2D eigenvalue weighted by molar-refractivity contribution is 5.51. The van der Waals surface area contributed by atoms with Crippen molar-refractivity contribution >= 4 is 11.4 Å². The molecule has 0 radical (unpaired) electrons. The smallest absolute Gasteiger partial charge is 0.0596 e. The van der Waals surface area contributed by atoms with E-state index in [4.69, 9.17) is 5.73 Å². The summed E-state index contributed by atoms with van der Waals surface area (Å²) in [4.78, 5) is 4.03. The van der Waals surface area contributed by atoms with E-state index >= 15 is 0 Å². The number of rotatable bonds is 5. The van der Waals surface area contributed by atoms with Crippen LogP contribution in [0.5, 0.6) is 0 Å². The van der Waals surface area contributed by atoms with Gasteiger partial charge in [-0.1, -0.05) is 0 Å². The van der Waals surface area contributed by atoms with Crippen LogP contribution in [0, 0.1) is 13.8 Å². The summed E-state index contributed by atoms with van der Waals surface area (Å²) in [6.07, 6.45) is 4.43. The number of nitrogens with one attached hydrogen (secondary N) is 1. The second kappa shape index (κ2) is 5.53. The maximum absolute atomic E-state index is 5.66. The predicted molar refractivity (Wildman–Crippen MR) is 73.5 cm³/mol. The van der Waals surface area contributed by atoms with Gasteiger partial charge in [0.2, 0.25) is 0 Å². The molecule has 0 saturated heterocycles. The van der Waals surface area contributed by atoms with Crippen LogP contribution in [0.15, 0.2) is 24.5 Å². The number of hydrogen-bond acceptors (Lipinski definition) is 4. The molecule has 0 atom stereocenters. The summed E-state index contributed by atoms with van der Waals surface area (Å²) in [6.45, 7) is 5.89. The molecule has 2 aromatic rings. The number of anilines is 2. The molecule has 2 aromatic heterocycles. The topological polar surface area (TPSA) is 68.8 Å². The molecule has 18 heavy (non-hydrogen) atoms. The zero-order valence-corrected chi connectivity index (χ0v) is 10.8. The summed E-state index contributed by atoms with van der Waals surface area (Å²) < 4.78 is 2.04. The fourth-order valence-corrected chi connectivity index (χ4v) is 1.92. The van der Waals surface area contributed by atoms with Crippen LogP contribution < -0.4 is 11.1 Å². The van der Waals surface area contributed by atoms with E-state index in [0.29, 0.717) is 5.69 Å². The molecule has 0 spiro atoms. The lowest BCUT2D eigenvalue weighted by molar-refractivity contribution is 0.574. The number of nitrogen functional groups attached to an aromatic ring is 1. The third-order valence-electron chi connectivity index (χ3n) is 2.74. The number of pyridine rings is 1. The highest BCUT2D eigenvalue weighted by Gasteiger charge is 2.00. The average molecular weight is 245 g/mol. The first-order valence-electron chi connectivity index (χ1n) is 6.10. The third-order valence-corrected chi connectivity index (χ3v) is 2.74. The quantitative estimate of drug-likeness (QED) is 0.790. The minimum atomic E-state index is 0.679. The Kier molecular flexibility index (Phi) is 3.82. The lowest BCUT2D eigenvalue weighted by Crippen LogP contribution is -2.09. The van der Waals surface area contributed by atoms with Crippen molar-refractivity contribution in [2.24, 2.45) is 0 Å². The Hall–Kier alpha value is -2.04. The van der Waals surface area contributed by atoms with Gasteiger partial charge in [-0.05, 0) is 32.4 Å². The third kappa shape index (κ3) is 3.23. The Morgan fingerprint density at radius 3 is 2.78 bits per heavy atom. The molecule has 0 aromatic carbocycles. The second-order valence-electron chi connectivity index (χ2n) is 4.44. The molecule has 0 unspecified atom stereocenters. The molecule has 0 amide bonds. The van der Waals surface area contributed by atoms with E-state index in [1.807, 2.05) is 17.7 Å². The molecule has 96 valence electrons. The van der Waals surface area contributed by atoms with E-state index in [1.165, 1.54) is 5.69 Å². The first-order chi connectivity index (χ1) is 8.65. The first kappa shape index (κ1) is 12.4. The Morgan fingerprint density at radius 1 is 1.28 bits per heavy atom. The van der Waals surface area contributed by atoms with Crippen molar-refractivity contribution in [3.63, 3.8) is 0 Å². The summed E-state index contributed by atoms with van der Waals surface area (Å²) >= 11 is 0. The largest absolute Gasteiger partial charge is 0.397 e. The van der Waals surface area contributed by atoms with E-state index in [2.05, 4.69) is 28.4 Å². The van der Waals surface area contributed by atoms with Crippen molar-refractivity contribution in [2.75, 3.05) is 17.6 Å². The molecule has 0 aliphatic heterocycles. The van der Waals surface area contributed by atoms with Crippen LogP contribution >= 0.6 is 0 Å². The predicted octanol–water partition coefficient (Wildman–Crippen LogP) is 1.98. The van der Waals surface area contributed by atoms with Gasteiger partial charge >= 0.3 is 0 Å². The van der Waals surface area contributed by atoms with E-state index in [9.17, 15) is 0 Å².